The van der Waals surface area contributed by atoms with Gasteiger partial charge in [-0.2, -0.15) is 0 Å². The van der Waals surface area contributed by atoms with E-state index in [4.69, 9.17) is 0 Å². The van der Waals surface area contributed by atoms with Crippen LogP contribution < -0.4 is 16.0 Å². The molecular formula is C14H19N5. The van der Waals surface area contributed by atoms with Gasteiger partial charge in [0.05, 0.1) is 11.0 Å². The van der Waals surface area contributed by atoms with E-state index >= 15 is 0 Å². The first-order chi connectivity index (χ1) is 9.36. The van der Waals surface area contributed by atoms with Crippen molar-refractivity contribution in [2.24, 2.45) is 0 Å². The Balaban J connectivity index is 1.91. The summed E-state index contributed by atoms with van der Waals surface area (Å²) in [5.41, 5.74) is 1.84. The molecule has 0 amide bonds. The Morgan fingerprint density at radius 1 is 1.16 bits per heavy atom. The van der Waals surface area contributed by atoms with Gasteiger partial charge in [0.25, 0.3) is 0 Å². The molecule has 1 fully saturated rings. The second-order valence-corrected chi connectivity index (χ2v) is 4.85. The number of benzene rings is 1. The third-order valence-corrected chi connectivity index (χ3v) is 3.45. The van der Waals surface area contributed by atoms with Crippen molar-refractivity contribution < 1.29 is 0 Å². The molecule has 5 heteroatoms. The van der Waals surface area contributed by atoms with Crippen molar-refractivity contribution in [2.75, 3.05) is 30.8 Å². The van der Waals surface area contributed by atoms with Gasteiger partial charge in [-0.3, -0.25) is 0 Å². The summed E-state index contributed by atoms with van der Waals surface area (Å²) in [5.74, 6) is 1.65. The maximum absolute atomic E-state index is 4.68. The van der Waals surface area contributed by atoms with E-state index in [9.17, 15) is 0 Å². The monoisotopic (exact) mass is 257 g/mol. The number of para-hydroxylation sites is 2. The summed E-state index contributed by atoms with van der Waals surface area (Å²) >= 11 is 0. The Kier molecular flexibility index (Phi) is 3.46. The summed E-state index contributed by atoms with van der Waals surface area (Å²) in [6, 6.07) is 8.37. The fourth-order valence-corrected chi connectivity index (χ4v) is 2.44. The molecule has 0 bridgehead atoms. The molecule has 0 aliphatic carbocycles. The normalized spacial score (nSPS) is 19.3. The molecule has 0 saturated carbocycles. The minimum Gasteiger partial charge on any atom is -0.370 e. The van der Waals surface area contributed by atoms with E-state index in [2.05, 4.69) is 25.9 Å². The molecule has 1 aliphatic rings. The van der Waals surface area contributed by atoms with Crippen LogP contribution in [0, 0.1) is 0 Å². The SMILES string of the molecule is CNc1nc2ccccc2nc1N[C@H]1CCCNC1. The minimum absolute atomic E-state index is 0.427. The van der Waals surface area contributed by atoms with Crippen LogP contribution in [0.1, 0.15) is 12.8 Å². The number of aromatic nitrogens is 2. The van der Waals surface area contributed by atoms with Gasteiger partial charge in [0, 0.05) is 19.6 Å². The van der Waals surface area contributed by atoms with E-state index in [0.29, 0.717) is 6.04 Å². The van der Waals surface area contributed by atoms with Crippen molar-refractivity contribution in [2.45, 2.75) is 18.9 Å². The van der Waals surface area contributed by atoms with Crippen molar-refractivity contribution in [1.29, 1.82) is 0 Å². The number of piperidine rings is 1. The van der Waals surface area contributed by atoms with Gasteiger partial charge in [-0.1, -0.05) is 12.1 Å². The molecule has 3 rings (SSSR count). The van der Waals surface area contributed by atoms with Crippen LogP contribution in [0.25, 0.3) is 11.0 Å². The summed E-state index contributed by atoms with van der Waals surface area (Å²) < 4.78 is 0. The molecular weight excluding hydrogens is 238 g/mol. The van der Waals surface area contributed by atoms with Crippen molar-refractivity contribution >= 4 is 22.7 Å². The van der Waals surface area contributed by atoms with Crippen LogP contribution in [0.15, 0.2) is 24.3 Å². The number of fused-ring (bicyclic) bond motifs is 1. The minimum atomic E-state index is 0.427. The fraction of sp³-hybridized carbons (Fsp3) is 0.429. The van der Waals surface area contributed by atoms with Gasteiger partial charge in [-0.15, -0.1) is 0 Å². The number of nitrogens with one attached hydrogen (secondary N) is 3. The van der Waals surface area contributed by atoms with E-state index in [-0.39, 0.29) is 0 Å². The first-order valence-electron chi connectivity index (χ1n) is 6.78. The lowest BCUT2D eigenvalue weighted by atomic mass is 10.1. The topological polar surface area (TPSA) is 61.9 Å². The Bertz CT molecular complexity index is 563. The molecule has 100 valence electrons. The number of hydrogen-bond donors (Lipinski definition) is 3. The molecule has 2 aromatic rings. The molecule has 1 aliphatic heterocycles. The standard InChI is InChI=1S/C14H19N5/c1-15-13-14(17-10-5-4-8-16-9-10)19-12-7-3-2-6-11(12)18-13/h2-3,6-7,10,16H,4-5,8-9H2,1H3,(H,15,18)(H,17,19)/t10-/m0/s1. The highest BCUT2D eigenvalue weighted by molar-refractivity contribution is 5.80. The second-order valence-electron chi connectivity index (χ2n) is 4.85. The molecule has 0 unspecified atom stereocenters. The molecule has 1 saturated heterocycles. The van der Waals surface area contributed by atoms with E-state index in [1.54, 1.807) is 0 Å². The second kappa shape index (κ2) is 5.40. The Morgan fingerprint density at radius 2 is 1.89 bits per heavy atom. The average Bonchev–Trinajstić information content (AvgIpc) is 2.47. The summed E-state index contributed by atoms with van der Waals surface area (Å²) in [7, 11) is 1.88. The summed E-state index contributed by atoms with van der Waals surface area (Å²) in [4.78, 5) is 9.28. The van der Waals surface area contributed by atoms with E-state index in [1.807, 2.05) is 31.3 Å². The highest BCUT2D eigenvalue weighted by Gasteiger charge is 2.15. The van der Waals surface area contributed by atoms with Crippen LogP contribution in [0.4, 0.5) is 11.6 Å². The van der Waals surface area contributed by atoms with E-state index < -0.39 is 0 Å². The quantitative estimate of drug-likeness (QED) is 0.783. The van der Waals surface area contributed by atoms with Gasteiger partial charge < -0.3 is 16.0 Å². The van der Waals surface area contributed by atoms with Crippen LogP contribution >= 0.6 is 0 Å². The largest absolute Gasteiger partial charge is 0.370 e. The zero-order valence-electron chi connectivity index (χ0n) is 11.1. The van der Waals surface area contributed by atoms with Crippen LogP contribution in [-0.2, 0) is 0 Å². The van der Waals surface area contributed by atoms with Crippen molar-refractivity contribution in [3.63, 3.8) is 0 Å². The maximum atomic E-state index is 4.68. The van der Waals surface area contributed by atoms with E-state index in [0.717, 1.165) is 35.8 Å². The molecule has 0 radical (unpaired) electrons. The Hall–Kier alpha value is -1.88. The molecule has 0 spiro atoms. The summed E-state index contributed by atoms with van der Waals surface area (Å²) in [5, 5.41) is 10.0. The molecule has 2 heterocycles. The van der Waals surface area contributed by atoms with Crippen LogP contribution in [0.2, 0.25) is 0 Å². The molecule has 5 nitrogen and oxygen atoms in total. The smallest absolute Gasteiger partial charge is 0.170 e. The lowest BCUT2D eigenvalue weighted by Gasteiger charge is -2.25. The number of rotatable bonds is 3. The third-order valence-electron chi connectivity index (χ3n) is 3.45. The van der Waals surface area contributed by atoms with Crippen molar-refractivity contribution in [1.82, 2.24) is 15.3 Å². The molecule has 1 aromatic heterocycles. The first kappa shape index (κ1) is 12.2. The highest BCUT2D eigenvalue weighted by atomic mass is 15.1. The van der Waals surface area contributed by atoms with Gasteiger partial charge >= 0.3 is 0 Å². The summed E-state index contributed by atoms with van der Waals surface area (Å²) in [6.07, 6.45) is 2.37. The Labute approximate surface area is 112 Å². The van der Waals surface area contributed by atoms with Gasteiger partial charge in [-0.25, -0.2) is 9.97 Å². The zero-order chi connectivity index (χ0) is 13.1. The number of hydrogen-bond acceptors (Lipinski definition) is 5. The summed E-state index contributed by atoms with van der Waals surface area (Å²) in [6.45, 7) is 2.10. The maximum Gasteiger partial charge on any atom is 0.170 e. The van der Waals surface area contributed by atoms with Gasteiger partial charge in [0.15, 0.2) is 11.6 Å². The fourth-order valence-electron chi connectivity index (χ4n) is 2.44. The predicted octanol–water partition coefficient (Wildman–Crippen LogP) is 1.84. The average molecular weight is 257 g/mol. The molecule has 3 N–H and O–H groups in total. The van der Waals surface area contributed by atoms with Crippen LogP contribution in [0.5, 0.6) is 0 Å². The number of anilines is 2. The van der Waals surface area contributed by atoms with Crippen molar-refractivity contribution in [3.05, 3.63) is 24.3 Å². The van der Waals surface area contributed by atoms with Gasteiger partial charge in [0.1, 0.15) is 0 Å². The van der Waals surface area contributed by atoms with Crippen molar-refractivity contribution in [3.8, 4) is 0 Å². The lowest BCUT2D eigenvalue weighted by Crippen LogP contribution is -2.38. The Morgan fingerprint density at radius 3 is 2.53 bits per heavy atom. The predicted molar refractivity (Wildman–Crippen MR) is 78.6 cm³/mol. The highest BCUT2D eigenvalue weighted by Crippen LogP contribution is 2.22. The van der Waals surface area contributed by atoms with Gasteiger partial charge in [0.2, 0.25) is 0 Å². The zero-order valence-corrected chi connectivity index (χ0v) is 11.1. The van der Waals surface area contributed by atoms with Crippen LogP contribution in [0.3, 0.4) is 0 Å². The molecule has 1 aromatic carbocycles. The third kappa shape index (κ3) is 2.61. The lowest BCUT2D eigenvalue weighted by molar-refractivity contribution is 0.479. The molecule has 1 atom stereocenters. The van der Waals surface area contributed by atoms with Crippen LogP contribution in [-0.4, -0.2) is 36.1 Å². The number of nitrogens with zero attached hydrogens (tertiary/aromatic N) is 2. The van der Waals surface area contributed by atoms with Gasteiger partial charge in [-0.05, 0) is 31.5 Å². The first-order valence-corrected chi connectivity index (χ1v) is 6.78. The molecule has 19 heavy (non-hydrogen) atoms. The van der Waals surface area contributed by atoms with E-state index in [1.165, 1.54) is 12.8 Å².